The molecule has 2 amide bonds. The van der Waals surface area contributed by atoms with E-state index >= 15 is 0 Å². The highest BCUT2D eigenvalue weighted by molar-refractivity contribution is 6.04. The molecule has 3 aromatic rings. The lowest BCUT2D eigenvalue weighted by Gasteiger charge is -2.17. The van der Waals surface area contributed by atoms with Crippen LogP contribution in [0.2, 0.25) is 0 Å². The van der Waals surface area contributed by atoms with E-state index in [1.54, 1.807) is 24.3 Å². The first-order chi connectivity index (χ1) is 14.4. The van der Waals surface area contributed by atoms with Crippen molar-refractivity contribution in [3.8, 4) is 5.69 Å². The van der Waals surface area contributed by atoms with Crippen LogP contribution >= 0.6 is 0 Å². The van der Waals surface area contributed by atoms with Crippen molar-refractivity contribution in [2.45, 2.75) is 6.42 Å². The Labute approximate surface area is 169 Å². The highest BCUT2D eigenvalue weighted by atomic mass is 19.1. The number of carbonyl (C=O) groups excluding carboxylic acids is 2. The number of nitrogens with one attached hydrogen (secondary N) is 1. The van der Waals surface area contributed by atoms with Gasteiger partial charge < -0.3 is 10.2 Å². The second-order valence-electron chi connectivity index (χ2n) is 6.64. The number of benzene rings is 2. The lowest BCUT2D eigenvalue weighted by Crippen LogP contribution is -2.28. The minimum absolute atomic E-state index is 0.0267. The number of nitro groups is 1. The molecule has 1 atom stereocenters. The lowest BCUT2D eigenvalue weighted by atomic mass is 10.1. The number of halogens is 1. The first-order valence-electron chi connectivity index (χ1n) is 8.93. The topological polar surface area (TPSA) is 123 Å². The molecule has 1 aliphatic rings. The number of rotatable bonds is 5. The molecule has 1 unspecified atom stereocenters. The summed E-state index contributed by atoms with van der Waals surface area (Å²) in [5.74, 6) is -2.42. The van der Waals surface area contributed by atoms with Crippen molar-refractivity contribution >= 4 is 28.9 Å². The van der Waals surface area contributed by atoms with Gasteiger partial charge in [-0.2, -0.15) is 9.49 Å². The van der Waals surface area contributed by atoms with Crippen LogP contribution in [0.4, 0.5) is 21.5 Å². The smallest absolute Gasteiger partial charge is 0.306 e. The molecule has 2 heterocycles. The van der Waals surface area contributed by atoms with Crippen LogP contribution in [0.25, 0.3) is 5.69 Å². The van der Waals surface area contributed by atoms with Crippen molar-refractivity contribution in [2.75, 3.05) is 16.8 Å². The number of nitro benzene ring substituents is 1. The molecule has 0 radical (unpaired) electrons. The van der Waals surface area contributed by atoms with Gasteiger partial charge in [0.15, 0.2) is 0 Å². The fraction of sp³-hybridized carbons (Fsp3) is 0.158. The first kappa shape index (κ1) is 19.2. The van der Waals surface area contributed by atoms with Crippen LogP contribution in [0, 0.1) is 21.8 Å². The molecule has 1 fully saturated rings. The summed E-state index contributed by atoms with van der Waals surface area (Å²) >= 11 is 0. The van der Waals surface area contributed by atoms with Crippen LogP contribution in [-0.2, 0) is 9.59 Å². The molecule has 1 saturated heterocycles. The molecular weight excluding hydrogens is 395 g/mol. The van der Waals surface area contributed by atoms with Crippen LogP contribution in [0.3, 0.4) is 0 Å². The molecule has 1 N–H and O–H groups in total. The van der Waals surface area contributed by atoms with Crippen LogP contribution in [-0.4, -0.2) is 38.0 Å². The van der Waals surface area contributed by atoms with E-state index < -0.39 is 22.3 Å². The molecule has 0 saturated carbocycles. The van der Waals surface area contributed by atoms with Crippen LogP contribution < -0.4 is 10.2 Å². The highest BCUT2D eigenvalue weighted by Crippen LogP contribution is 2.30. The predicted octanol–water partition coefficient (Wildman–Crippen LogP) is 2.31. The van der Waals surface area contributed by atoms with Gasteiger partial charge in [-0.3, -0.25) is 19.7 Å². The Hall–Kier alpha value is -4.15. The third-order valence-electron chi connectivity index (χ3n) is 4.76. The summed E-state index contributed by atoms with van der Waals surface area (Å²) in [6.07, 6.45) is 2.80. The van der Waals surface area contributed by atoms with Crippen molar-refractivity contribution < 1.29 is 18.9 Å². The van der Waals surface area contributed by atoms with Gasteiger partial charge in [0.05, 0.1) is 27.9 Å². The Morgan fingerprint density at radius 1 is 1.27 bits per heavy atom. The van der Waals surface area contributed by atoms with Crippen molar-refractivity contribution in [3.63, 3.8) is 0 Å². The van der Waals surface area contributed by atoms with Crippen LogP contribution in [0.15, 0.2) is 55.1 Å². The second-order valence-corrected chi connectivity index (χ2v) is 6.64. The van der Waals surface area contributed by atoms with Gasteiger partial charge in [0.2, 0.25) is 17.6 Å². The van der Waals surface area contributed by atoms with Gasteiger partial charge in [0, 0.05) is 19.0 Å². The number of amides is 2. The SMILES string of the molecule is O=C(Nc1ccccc1-n1cncn1)C1CC(=O)N(c2ccc(F)c([N+](=O)[O-])c2)C1. The van der Waals surface area contributed by atoms with E-state index in [2.05, 4.69) is 15.4 Å². The van der Waals surface area contributed by atoms with Gasteiger partial charge in [-0.05, 0) is 24.3 Å². The molecule has 0 bridgehead atoms. The van der Waals surface area contributed by atoms with E-state index in [9.17, 15) is 24.1 Å². The van der Waals surface area contributed by atoms with Crippen molar-refractivity contribution in [2.24, 2.45) is 5.92 Å². The number of anilines is 2. The Morgan fingerprint density at radius 2 is 2.07 bits per heavy atom. The molecule has 11 heteroatoms. The summed E-state index contributed by atoms with van der Waals surface area (Å²) in [6, 6.07) is 10.2. The van der Waals surface area contributed by atoms with Crippen molar-refractivity contribution in [1.82, 2.24) is 14.8 Å². The minimum Gasteiger partial charge on any atom is -0.324 e. The first-order valence-corrected chi connectivity index (χ1v) is 8.93. The summed E-state index contributed by atoms with van der Waals surface area (Å²) < 4.78 is 15.1. The fourth-order valence-electron chi connectivity index (χ4n) is 3.29. The average molecular weight is 410 g/mol. The maximum absolute atomic E-state index is 13.6. The zero-order valence-corrected chi connectivity index (χ0v) is 15.4. The summed E-state index contributed by atoms with van der Waals surface area (Å²) in [4.78, 5) is 40.5. The van der Waals surface area contributed by atoms with Crippen LogP contribution in [0.5, 0.6) is 0 Å². The molecular formula is C19H15FN6O4. The van der Waals surface area contributed by atoms with Gasteiger partial charge in [0.1, 0.15) is 12.7 Å². The molecule has 0 aliphatic carbocycles. The zero-order chi connectivity index (χ0) is 21.3. The third kappa shape index (κ3) is 3.60. The van der Waals surface area contributed by atoms with E-state index in [4.69, 9.17) is 0 Å². The predicted molar refractivity (Wildman–Crippen MR) is 104 cm³/mol. The Balaban J connectivity index is 1.52. The molecule has 1 aromatic heterocycles. The van der Waals surface area contributed by atoms with Gasteiger partial charge in [-0.1, -0.05) is 12.1 Å². The normalized spacial score (nSPS) is 16.0. The maximum Gasteiger partial charge on any atom is 0.306 e. The summed E-state index contributed by atoms with van der Waals surface area (Å²) in [7, 11) is 0. The Kier molecular flexibility index (Phi) is 4.92. The van der Waals surface area contributed by atoms with E-state index in [1.807, 2.05) is 0 Å². The molecule has 30 heavy (non-hydrogen) atoms. The Bertz CT molecular complexity index is 1130. The van der Waals surface area contributed by atoms with E-state index in [-0.39, 0.29) is 30.5 Å². The summed E-state index contributed by atoms with van der Waals surface area (Å²) in [5.41, 5.74) is 0.552. The number of aromatic nitrogens is 3. The monoisotopic (exact) mass is 410 g/mol. The Morgan fingerprint density at radius 3 is 2.80 bits per heavy atom. The minimum atomic E-state index is -0.991. The second kappa shape index (κ2) is 7.70. The zero-order valence-electron chi connectivity index (χ0n) is 15.4. The number of carbonyl (C=O) groups is 2. The van der Waals surface area contributed by atoms with Gasteiger partial charge in [-0.25, -0.2) is 9.67 Å². The standard InChI is InChI=1S/C19H15FN6O4/c20-14-6-5-13(8-17(14)26(29)30)24-9-12(7-18(24)27)19(28)23-15-3-1-2-4-16(15)25-11-21-10-22-25/h1-6,8,10-12H,7,9H2,(H,23,28). The average Bonchev–Trinajstić information content (AvgIpc) is 3.39. The number of para-hydroxylation sites is 2. The van der Waals surface area contributed by atoms with Gasteiger partial charge in [-0.15, -0.1) is 0 Å². The van der Waals surface area contributed by atoms with Crippen molar-refractivity contribution in [1.29, 1.82) is 0 Å². The molecule has 4 rings (SSSR count). The molecule has 0 spiro atoms. The molecule has 152 valence electrons. The third-order valence-corrected chi connectivity index (χ3v) is 4.76. The van der Waals surface area contributed by atoms with E-state index in [0.29, 0.717) is 11.4 Å². The quantitative estimate of drug-likeness (QED) is 0.509. The van der Waals surface area contributed by atoms with Gasteiger partial charge >= 0.3 is 5.69 Å². The maximum atomic E-state index is 13.6. The summed E-state index contributed by atoms with van der Waals surface area (Å²) in [5, 5.41) is 17.8. The van der Waals surface area contributed by atoms with E-state index in [1.165, 1.54) is 28.3 Å². The molecule has 1 aliphatic heterocycles. The highest BCUT2D eigenvalue weighted by Gasteiger charge is 2.36. The van der Waals surface area contributed by atoms with Gasteiger partial charge in [0.25, 0.3) is 0 Å². The number of hydrogen-bond acceptors (Lipinski definition) is 6. The van der Waals surface area contributed by atoms with Crippen LogP contribution in [0.1, 0.15) is 6.42 Å². The number of hydrogen-bond donors (Lipinski definition) is 1. The van der Waals surface area contributed by atoms with E-state index in [0.717, 1.165) is 12.1 Å². The largest absolute Gasteiger partial charge is 0.324 e. The van der Waals surface area contributed by atoms with Crippen molar-refractivity contribution in [3.05, 3.63) is 71.1 Å². The molecule has 10 nitrogen and oxygen atoms in total. The fourth-order valence-corrected chi connectivity index (χ4v) is 3.29. The molecule has 2 aromatic carbocycles. The summed E-state index contributed by atoms with van der Waals surface area (Å²) in [6.45, 7) is 0.0267. The lowest BCUT2D eigenvalue weighted by molar-refractivity contribution is -0.387. The number of nitrogens with zero attached hydrogens (tertiary/aromatic N) is 5.